The summed E-state index contributed by atoms with van der Waals surface area (Å²) in [6.07, 6.45) is 2.98. The molecule has 0 saturated heterocycles. The molecule has 0 aliphatic rings. The minimum Gasteiger partial charge on any atom is -0.319 e. The largest absolute Gasteiger partial charge is 0.319 e. The molecule has 0 unspecified atom stereocenters. The summed E-state index contributed by atoms with van der Waals surface area (Å²) >= 11 is 10.7. The van der Waals surface area contributed by atoms with Crippen LogP contribution in [0.5, 0.6) is 0 Å². The minimum absolute atomic E-state index is 0.208. The van der Waals surface area contributed by atoms with Crippen molar-refractivity contribution in [3.63, 3.8) is 0 Å². The summed E-state index contributed by atoms with van der Waals surface area (Å²) in [7, 11) is 0. The van der Waals surface area contributed by atoms with Crippen LogP contribution in [0.25, 0.3) is 5.69 Å². The van der Waals surface area contributed by atoms with Crippen molar-refractivity contribution in [2.24, 2.45) is 0 Å². The number of carbonyl (C=O) groups excluding carboxylic acids is 1. The molecule has 21 heavy (non-hydrogen) atoms. The third kappa shape index (κ3) is 2.99. The van der Waals surface area contributed by atoms with E-state index in [-0.39, 0.29) is 5.91 Å². The molecule has 0 fully saturated rings. The average molecular weight is 384 g/mol. The maximum absolute atomic E-state index is 12.3. The molecule has 3 rings (SSSR count). The molecule has 3 aromatic rings. The Hall–Kier alpha value is -1.70. The van der Waals surface area contributed by atoms with Crippen LogP contribution in [-0.2, 0) is 0 Å². The van der Waals surface area contributed by atoms with Crippen molar-refractivity contribution in [2.45, 2.75) is 0 Å². The number of thiophene rings is 1. The van der Waals surface area contributed by atoms with Gasteiger partial charge in [0, 0.05) is 9.50 Å². The Balaban J connectivity index is 1.97. The quantitative estimate of drug-likeness (QED) is 0.744. The normalized spacial score (nSPS) is 10.6. The van der Waals surface area contributed by atoms with E-state index in [0.717, 1.165) is 4.47 Å². The summed E-state index contributed by atoms with van der Waals surface area (Å²) in [6, 6.07) is 7.01. The maximum Gasteiger partial charge on any atom is 0.266 e. The van der Waals surface area contributed by atoms with Gasteiger partial charge in [0.05, 0.1) is 11.4 Å². The molecular weight excluding hydrogens is 376 g/mol. The Morgan fingerprint density at radius 2 is 2.24 bits per heavy atom. The lowest BCUT2D eigenvalue weighted by Crippen LogP contribution is -2.13. The molecule has 0 aliphatic carbocycles. The van der Waals surface area contributed by atoms with Crippen molar-refractivity contribution >= 4 is 50.5 Å². The van der Waals surface area contributed by atoms with Crippen LogP contribution >= 0.6 is 38.9 Å². The Morgan fingerprint density at radius 1 is 1.38 bits per heavy atom. The SMILES string of the molecule is O=C(Nc1cc(Cl)ccc1-n1cncn1)c1sccc1Br. The maximum atomic E-state index is 12.3. The summed E-state index contributed by atoms with van der Waals surface area (Å²) in [5, 5.41) is 9.29. The number of aromatic nitrogens is 3. The van der Waals surface area contributed by atoms with Gasteiger partial charge in [-0.2, -0.15) is 5.10 Å². The summed E-state index contributed by atoms with van der Waals surface area (Å²) in [4.78, 5) is 16.8. The van der Waals surface area contributed by atoms with Gasteiger partial charge in [0.15, 0.2) is 0 Å². The predicted molar refractivity (Wildman–Crippen MR) is 86.3 cm³/mol. The van der Waals surface area contributed by atoms with Gasteiger partial charge >= 0.3 is 0 Å². The first kappa shape index (κ1) is 14.2. The Morgan fingerprint density at radius 3 is 2.90 bits per heavy atom. The van der Waals surface area contributed by atoms with Crippen LogP contribution in [0.4, 0.5) is 5.69 Å². The van der Waals surface area contributed by atoms with Gasteiger partial charge in [0.25, 0.3) is 5.91 Å². The van der Waals surface area contributed by atoms with Gasteiger partial charge < -0.3 is 5.32 Å². The second-order valence-corrected chi connectivity index (χ2v) is 6.26. The van der Waals surface area contributed by atoms with E-state index >= 15 is 0 Å². The fraction of sp³-hybridized carbons (Fsp3) is 0. The summed E-state index contributed by atoms with van der Waals surface area (Å²) in [5.74, 6) is -0.208. The second kappa shape index (κ2) is 5.97. The van der Waals surface area contributed by atoms with Crippen molar-refractivity contribution in [1.82, 2.24) is 14.8 Å². The van der Waals surface area contributed by atoms with Gasteiger partial charge in [-0.15, -0.1) is 11.3 Å². The van der Waals surface area contributed by atoms with Crippen LogP contribution < -0.4 is 5.32 Å². The Labute approximate surface area is 137 Å². The highest BCUT2D eigenvalue weighted by atomic mass is 79.9. The fourth-order valence-corrected chi connectivity index (χ4v) is 3.39. The third-order valence-corrected chi connectivity index (χ3v) is 4.77. The summed E-state index contributed by atoms with van der Waals surface area (Å²) in [5.41, 5.74) is 1.26. The molecule has 2 aromatic heterocycles. The first-order valence-corrected chi connectivity index (χ1v) is 7.89. The minimum atomic E-state index is -0.208. The molecule has 2 heterocycles. The lowest BCUT2D eigenvalue weighted by molar-refractivity contribution is 0.103. The van der Waals surface area contributed by atoms with E-state index in [1.54, 1.807) is 29.2 Å². The molecule has 1 N–H and O–H groups in total. The predicted octanol–water partition coefficient (Wildman–Crippen LogP) is 4.00. The zero-order valence-electron chi connectivity index (χ0n) is 10.5. The van der Waals surface area contributed by atoms with Crippen LogP contribution in [0, 0.1) is 0 Å². The first-order chi connectivity index (χ1) is 10.1. The number of benzene rings is 1. The Bertz CT molecular complexity index is 787. The van der Waals surface area contributed by atoms with Crippen molar-refractivity contribution in [2.75, 3.05) is 5.32 Å². The topological polar surface area (TPSA) is 59.8 Å². The molecule has 0 radical (unpaired) electrons. The van der Waals surface area contributed by atoms with Crippen LogP contribution in [0.3, 0.4) is 0 Å². The molecule has 5 nitrogen and oxygen atoms in total. The number of nitrogens with zero attached hydrogens (tertiary/aromatic N) is 3. The molecule has 0 aliphatic heterocycles. The van der Waals surface area contributed by atoms with Gasteiger partial charge in [-0.25, -0.2) is 9.67 Å². The van der Waals surface area contributed by atoms with Gasteiger partial charge in [-0.3, -0.25) is 4.79 Å². The fourth-order valence-electron chi connectivity index (χ4n) is 1.78. The zero-order valence-corrected chi connectivity index (χ0v) is 13.6. The van der Waals surface area contributed by atoms with Crippen molar-refractivity contribution < 1.29 is 4.79 Å². The number of hydrogen-bond donors (Lipinski definition) is 1. The van der Waals surface area contributed by atoms with E-state index in [1.807, 2.05) is 11.4 Å². The monoisotopic (exact) mass is 382 g/mol. The molecule has 1 aromatic carbocycles. The lowest BCUT2D eigenvalue weighted by atomic mass is 10.2. The molecule has 1 amide bonds. The molecule has 0 atom stereocenters. The van der Waals surface area contributed by atoms with E-state index < -0.39 is 0 Å². The molecule has 0 bridgehead atoms. The van der Waals surface area contributed by atoms with Crippen LogP contribution in [0.2, 0.25) is 5.02 Å². The number of rotatable bonds is 3. The number of halogens is 2. The van der Waals surface area contributed by atoms with Gasteiger partial charge in [0.2, 0.25) is 0 Å². The Kier molecular flexibility index (Phi) is 4.05. The van der Waals surface area contributed by atoms with E-state index in [1.165, 1.54) is 17.7 Å². The van der Waals surface area contributed by atoms with Gasteiger partial charge in [-0.1, -0.05) is 11.6 Å². The molecule has 106 valence electrons. The third-order valence-electron chi connectivity index (χ3n) is 2.70. The second-order valence-electron chi connectivity index (χ2n) is 4.05. The number of amides is 1. The highest BCUT2D eigenvalue weighted by Gasteiger charge is 2.15. The van der Waals surface area contributed by atoms with Crippen molar-refractivity contribution in [3.8, 4) is 5.69 Å². The van der Waals surface area contributed by atoms with Crippen LogP contribution in [0.15, 0.2) is 46.8 Å². The van der Waals surface area contributed by atoms with Crippen molar-refractivity contribution in [1.29, 1.82) is 0 Å². The highest BCUT2D eigenvalue weighted by molar-refractivity contribution is 9.10. The standard InChI is InChI=1S/C13H8BrClN4OS/c14-9-3-4-21-12(9)13(20)18-10-5-8(15)1-2-11(10)19-7-16-6-17-19/h1-7H,(H,18,20). The summed E-state index contributed by atoms with van der Waals surface area (Å²) in [6.45, 7) is 0. The molecule has 0 saturated carbocycles. The first-order valence-electron chi connectivity index (χ1n) is 5.84. The number of nitrogens with one attached hydrogen (secondary N) is 1. The number of hydrogen-bond acceptors (Lipinski definition) is 4. The van der Waals surface area contributed by atoms with Gasteiger partial charge in [-0.05, 0) is 45.6 Å². The van der Waals surface area contributed by atoms with E-state index in [4.69, 9.17) is 11.6 Å². The summed E-state index contributed by atoms with van der Waals surface area (Å²) < 4.78 is 2.32. The average Bonchev–Trinajstić information content (AvgIpc) is 3.10. The van der Waals surface area contributed by atoms with E-state index in [2.05, 4.69) is 31.3 Å². The lowest BCUT2D eigenvalue weighted by Gasteiger charge is -2.11. The highest BCUT2D eigenvalue weighted by Crippen LogP contribution is 2.27. The van der Waals surface area contributed by atoms with Crippen LogP contribution in [0.1, 0.15) is 9.67 Å². The molecule has 8 heteroatoms. The smallest absolute Gasteiger partial charge is 0.266 e. The van der Waals surface area contributed by atoms with Crippen LogP contribution in [-0.4, -0.2) is 20.7 Å². The van der Waals surface area contributed by atoms with Gasteiger partial charge in [0.1, 0.15) is 17.5 Å². The van der Waals surface area contributed by atoms with E-state index in [0.29, 0.717) is 21.3 Å². The number of anilines is 1. The molecular formula is C13H8BrClN4OS. The molecule has 0 spiro atoms. The number of carbonyl (C=O) groups is 1. The van der Waals surface area contributed by atoms with Crippen molar-refractivity contribution in [3.05, 3.63) is 56.7 Å². The van der Waals surface area contributed by atoms with E-state index in [9.17, 15) is 4.79 Å². The zero-order chi connectivity index (χ0) is 14.8.